The average Bonchev–Trinajstić information content (AvgIpc) is 2.84. The molecule has 1 N–H and O–H groups in total. The predicted molar refractivity (Wildman–Crippen MR) is 54.9 cm³/mol. The molecule has 0 radical (unpaired) electrons. The zero-order chi connectivity index (χ0) is 9.26. The summed E-state index contributed by atoms with van der Waals surface area (Å²) >= 11 is 4.58. The quantitative estimate of drug-likeness (QED) is 0.904. The highest BCUT2D eigenvalue weighted by molar-refractivity contribution is 9.11. The van der Waals surface area contributed by atoms with Gasteiger partial charge in [0.1, 0.15) is 4.88 Å². The number of hydrogen-bond donors (Lipinski definition) is 1. The van der Waals surface area contributed by atoms with Gasteiger partial charge < -0.3 is 5.32 Å². The van der Waals surface area contributed by atoms with Gasteiger partial charge in [-0.3, -0.25) is 4.79 Å². The molecule has 1 heterocycles. The van der Waals surface area contributed by atoms with E-state index in [2.05, 4.69) is 26.2 Å². The fourth-order valence-electron chi connectivity index (χ4n) is 1.00. The van der Waals surface area contributed by atoms with E-state index < -0.39 is 0 Å². The Balaban J connectivity index is 1.88. The third-order valence-corrected chi connectivity index (χ3v) is 3.42. The van der Waals surface area contributed by atoms with Gasteiger partial charge in [-0.1, -0.05) is 0 Å². The molecule has 3 nitrogen and oxygen atoms in total. The summed E-state index contributed by atoms with van der Waals surface area (Å²) in [6, 6.07) is 0. The van der Waals surface area contributed by atoms with Crippen molar-refractivity contribution in [3.63, 3.8) is 0 Å². The second-order valence-electron chi connectivity index (χ2n) is 3.13. The van der Waals surface area contributed by atoms with Crippen molar-refractivity contribution in [2.45, 2.75) is 12.8 Å². The van der Waals surface area contributed by atoms with Gasteiger partial charge in [0.25, 0.3) is 5.91 Å². The molecule has 0 atom stereocenters. The fourth-order valence-corrected chi connectivity index (χ4v) is 2.19. The van der Waals surface area contributed by atoms with Crippen molar-refractivity contribution in [1.82, 2.24) is 10.3 Å². The van der Waals surface area contributed by atoms with E-state index in [0.717, 1.165) is 16.4 Å². The highest BCUT2D eigenvalue weighted by atomic mass is 79.9. The summed E-state index contributed by atoms with van der Waals surface area (Å²) in [5.74, 6) is 0.718. The molecule has 0 saturated heterocycles. The van der Waals surface area contributed by atoms with Crippen LogP contribution < -0.4 is 5.32 Å². The Morgan fingerprint density at radius 2 is 2.54 bits per heavy atom. The molecule has 0 aromatic carbocycles. The smallest absolute Gasteiger partial charge is 0.263 e. The predicted octanol–water partition coefficient (Wildman–Crippen LogP) is 2.05. The minimum absolute atomic E-state index is 0.00454. The number of carbonyl (C=O) groups excluding carboxylic acids is 1. The second-order valence-corrected chi connectivity index (χ2v) is 5.44. The molecule has 0 unspecified atom stereocenters. The molecule has 1 fully saturated rings. The first-order chi connectivity index (χ1) is 6.25. The maximum atomic E-state index is 11.4. The van der Waals surface area contributed by atoms with E-state index in [4.69, 9.17) is 0 Å². The number of nitrogens with one attached hydrogen (secondary N) is 1. The van der Waals surface area contributed by atoms with Crippen molar-refractivity contribution in [2.24, 2.45) is 5.92 Å². The number of amides is 1. The van der Waals surface area contributed by atoms with Gasteiger partial charge in [0.05, 0.1) is 6.20 Å². The van der Waals surface area contributed by atoms with Gasteiger partial charge in [-0.2, -0.15) is 0 Å². The van der Waals surface area contributed by atoms with Crippen molar-refractivity contribution < 1.29 is 4.79 Å². The zero-order valence-electron chi connectivity index (χ0n) is 6.92. The molecule has 1 amide bonds. The molecule has 1 aromatic rings. The Labute approximate surface area is 88.7 Å². The molecule has 0 aliphatic heterocycles. The van der Waals surface area contributed by atoms with Gasteiger partial charge in [-0.15, -0.1) is 11.3 Å². The number of hydrogen-bond acceptors (Lipinski definition) is 3. The van der Waals surface area contributed by atoms with Crippen molar-refractivity contribution in [2.75, 3.05) is 6.54 Å². The maximum absolute atomic E-state index is 11.4. The van der Waals surface area contributed by atoms with Crippen LogP contribution in [0.1, 0.15) is 22.5 Å². The van der Waals surface area contributed by atoms with Crippen LogP contribution in [-0.4, -0.2) is 17.4 Å². The van der Waals surface area contributed by atoms with Crippen LogP contribution in [0.5, 0.6) is 0 Å². The van der Waals surface area contributed by atoms with E-state index in [1.54, 1.807) is 6.20 Å². The lowest BCUT2D eigenvalue weighted by molar-refractivity contribution is 0.0955. The van der Waals surface area contributed by atoms with E-state index in [-0.39, 0.29) is 5.91 Å². The summed E-state index contributed by atoms with van der Waals surface area (Å²) in [6.45, 7) is 0.814. The highest BCUT2D eigenvalue weighted by Crippen LogP contribution is 2.27. The molecule has 1 aromatic heterocycles. The van der Waals surface area contributed by atoms with Gasteiger partial charge in [-0.05, 0) is 34.7 Å². The van der Waals surface area contributed by atoms with Gasteiger partial charge in [-0.25, -0.2) is 4.98 Å². The Morgan fingerprint density at radius 1 is 1.77 bits per heavy atom. The van der Waals surface area contributed by atoms with E-state index in [9.17, 15) is 4.79 Å². The molecular weight excluding hydrogens is 252 g/mol. The molecule has 1 aliphatic rings. The molecular formula is C8H9BrN2OS. The molecule has 0 spiro atoms. The SMILES string of the molecule is O=C(NCC1CC1)c1cnc(Br)s1. The number of halogens is 1. The zero-order valence-corrected chi connectivity index (χ0v) is 9.32. The Bertz CT molecular complexity index is 322. The van der Waals surface area contributed by atoms with Crippen molar-refractivity contribution in [3.05, 3.63) is 15.0 Å². The standard InChI is InChI=1S/C8H9BrN2OS/c9-8-11-4-6(13-8)7(12)10-3-5-1-2-5/h4-5H,1-3H2,(H,10,12). The minimum atomic E-state index is -0.00454. The fraction of sp³-hybridized carbons (Fsp3) is 0.500. The van der Waals surface area contributed by atoms with E-state index in [0.29, 0.717) is 4.88 Å². The summed E-state index contributed by atoms with van der Waals surface area (Å²) in [7, 11) is 0. The monoisotopic (exact) mass is 260 g/mol. The first-order valence-corrected chi connectivity index (χ1v) is 5.76. The summed E-state index contributed by atoms with van der Waals surface area (Å²) < 4.78 is 0.754. The molecule has 1 saturated carbocycles. The Hall–Kier alpha value is -0.420. The van der Waals surface area contributed by atoms with Crippen molar-refractivity contribution in [3.8, 4) is 0 Å². The van der Waals surface area contributed by atoms with Gasteiger partial charge in [0, 0.05) is 6.54 Å². The van der Waals surface area contributed by atoms with E-state index in [1.165, 1.54) is 24.2 Å². The van der Waals surface area contributed by atoms with E-state index in [1.807, 2.05) is 0 Å². The lowest BCUT2D eigenvalue weighted by atomic mass is 10.4. The number of aromatic nitrogens is 1. The van der Waals surface area contributed by atoms with Crippen LogP contribution in [-0.2, 0) is 0 Å². The number of nitrogens with zero attached hydrogens (tertiary/aromatic N) is 1. The summed E-state index contributed by atoms with van der Waals surface area (Å²) in [5.41, 5.74) is 0. The van der Waals surface area contributed by atoms with Crippen LogP contribution in [0.2, 0.25) is 0 Å². The third kappa shape index (κ3) is 2.51. The Kier molecular flexibility index (Phi) is 2.64. The molecule has 70 valence electrons. The van der Waals surface area contributed by atoms with Crippen LogP contribution in [0.25, 0.3) is 0 Å². The summed E-state index contributed by atoms with van der Waals surface area (Å²) in [5, 5.41) is 2.88. The number of rotatable bonds is 3. The number of thiazole rings is 1. The second kappa shape index (κ2) is 3.75. The first-order valence-electron chi connectivity index (χ1n) is 4.15. The van der Waals surface area contributed by atoms with Crippen molar-refractivity contribution in [1.29, 1.82) is 0 Å². The highest BCUT2D eigenvalue weighted by Gasteiger charge is 2.22. The molecule has 13 heavy (non-hydrogen) atoms. The van der Waals surface area contributed by atoms with Crippen molar-refractivity contribution >= 4 is 33.2 Å². The molecule has 0 bridgehead atoms. The molecule has 1 aliphatic carbocycles. The lowest BCUT2D eigenvalue weighted by Crippen LogP contribution is -2.24. The third-order valence-electron chi connectivity index (χ3n) is 1.95. The normalized spacial score (nSPS) is 15.8. The van der Waals surface area contributed by atoms with Gasteiger partial charge in [0.15, 0.2) is 3.92 Å². The van der Waals surface area contributed by atoms with E-state index >= 15 is 0 Å². The molecule has 2 rings (SSSR count). The lowest BCUT2D eigenvalue weighted by Gasteiger charge is -1.99. The van der Waals surface area contributed by atoms with Crippen LogP contribution >= 0.6 is 27.3 Å². The summed E-state index contributed by atoms with van der Waals surface area (Å²) in [4.78, 5) is 16.1. The van der Waals surface area contributed by atoms with Crippen LogP contribution in [0.3, 0.4) is 0 Å². The minimum Gasteiger partial charge on any atom is -0.351 e. The maximum Gasteiger partial charge on any atom is 0.263 e. The largest absolute Gasteiger partial charge is 0.351 e. The van der Waals surface area contributed by atoms with Crippen LogP contribution in [0.4, 0.5) is 0 Å². The van der Waals surface area contributed by atoms with Gasteiger partial charge in [0.2, 0.25) is 0 Å². The first kappa shape index (κ1) is 9.15. The average molecular weight is 261 g/mol. The Morgan fingerprint density at radius 3 is 3.08 bits per heavy atom. The van der Waals surface area contributed by atoms with Gasteiger partial charge >= 0.3 is 0 Å². The summed E-state index contributed by atoms with van der Waals surface area (Å²) in [6.07, 6.45) is 4.11. The van der Waals surface area contributed by atoms with Crippen LogP contribution in [0, 0.1) is 5.92 Å². The molecule has 5 heteroatoms. The topological polar surface area (TPSA) is 42.0 Å². The van der Waals surface area contributed by atoms with Crippen LogP contribution in [0.15, 0.2) is 10.1 Å². The number of carbonyl (C=O) groups is 1.